The SMILES string of the molecule is Cc1ccccc1-c1cc2c(c(C)n1)-c1cccc[n+]1C2. The first kappa shape index (κ1) is 12.3. The van der Waals surface area contributed by atoms with Crippen molar-refractivity contribution in [2.75, 3.05) is 0 Å². The zero-order valence-corrected chi connectivity index (χ0v) is 12.3. The van der Waals surface area contributed by atoms with Gasteiger partial charge in [-0.2, -0.15) is 4.57 Å². The van der Waals surface area contributed by atoms with Crippen molar-refractivity contribution in [2.24, 2.45) is 0 Å². The second-order valence-electron chi connectivity index (χ2n) is 5.66. The van der Waals surface area contributed by atoms with Crippen LogP contribution in [0.1, 0.15) is 16.8 Å². The second kappa shape index (κ2) is 4.52. The Hall–Kier alpha value is -2.48. The number of aromatic nitrogens is 2. The molecule has 0 saturated heterocycles. The fourth-order valence-corrected chi connectivity index (χ4v) is 3.24. The molecule has 0 bridgehead atoms. The maximum Gasteiger partial charge on any atom is 0.215 e. The Labute approximate surface area is 124 Å². The van der Waals surface area contributed by atoms with Gasteiger partial charge in [-0.05, 0) is 31.5 Å². The Balaban J connectivity index is 1.92. The zero-order chi connectivity index (χ0) is 14.4. The van der Waals surface area contributed by atoms with Crippen LogP contribution < -0.4 is 4.57 Å². The van der Waals surface area contributed by atoms with Crippen molar-refractivity contribution >= 4 is 0 Å². The smallest absolute Gasteiger partial charge is 0.215 e. The highest BCUT2D eigenvalue weighted by atomic mass is 15.0. The van der Waals surface area contributed by atoms with E-state index in [1.807, 2.05) is 0 Å². The molecule has 4 rings (SSSR count). The molecule has 0 unspecified atom stereocenters. The Morgan fingerprint density at radius 2 is 1.81 bits per heavy atom. The molecule has 102 valence electrons. The summed E-state index contributed by atoms with van der Waals surface area (Å²) < 4.78 is 2.29. The molecule has 0 aliphatic carbocycles. The molecule has 1 aliphatic rings. The van der Waals surface area contributed by atoms with Gasteiger partial charge in [0.15, 0.2) is 12.7 Å². The lowest BCUT2D eigenvalue weighted by molar-refractivity contribution is -0.672. The predicted octanol–water partition coefficient (Wildman–Crippen LogP) is 3.68. The largest absolute Gasteiger partial charge is 0.252 e. The van der Waals surface area contributed by atoms with E-state index in [1.165, 1.54) is 27.9 Å². The van der Waals surface area contributed by atoms with Crippen molar-refractivity contribution in [3.05, 3.63) is 71.5 Å². The van der Waals surface area contributed by atoms with Gasteiger partial charge in [0.2, 0.25) is 5.69 Å². The molecular formula is C19H17N2+. The number of benzene rings is 1. The highest BCUT2D eigenvalue weighted by Gasteiger charge is 2.28. The maximum atomic E-state index is 4.86. The van der Waals surface area contributed by atoms with Crippen LogP contribution in [-0.2, 0) is 6.54 Å². The molecule has 21 heavy (non-hydrogen) atoms. The molecule has 1 aromatic carbocycles. The van der Waals surface area contributed by atoms with Crippen molar-refractivity contribution in [1.82, 2.24) is 4.98 Å². The number of fused-ring (bicyclic) bond motifs is 3. The summed E-state index contributed by atoms with van der Waals surface area (Å²) in [6.45, 7) is 5.19. The van der Waals surface area contributed by atoms with Crippen LogP contribution in [0.25, 0.3) is 22.5 Å². The molecule has 3 aromatic rings. The van der Waals surface area contributed by atoms with Gasteiger partial charge in [0, 0.05) is 23.3 Å². The molecule has 0 radical (unpaired) electrons. The molecule has 2 aromatic heterocycles. The third-order valence-corrected chi connectivity index (χ3v) is 4.24. The van der Waals surface area contributed by atoms with Gasteiger partial charge in [-0.15, -0.1) is 0 Å². The molecule has 0 spiro atoms. The molecule has 2 heteroatoms. The number of nitrogens with zero attached hydrogens (tertiary/aromatic N) is 2. The summed E-state index contributed by atoms with van der Waals surface area (Å²) >= 11 is 0. The summed E-state index contributed by atoms with van der Waals surface area (Å²) in [5.74, 6) is 0. The molecule has 0 amide bonds. The lowest BCUT2D eigenvalue weighted by Gasteiger charge is -2.08. The summed E-state index contributed by atoms with van der Waals surface area (Å²) in [4.78, 5) is 4.86. The highest BCUT2D eigenvalue weighted by Crippen LogP contribution is 2.32. The molecule has 0 N–H and O–H groups in total. The summed E-state index contributed by atoms with van der Waals surface area (Å²) in [6.07, 6.45) is 2.14. The number of hydrogen-bond acceptors (Lipinski definition) is 1. The third kappa shape index (κ3) is 1.87. The fourth-order valence-electron chi connectivity index (χ4n) is 3.24. The molecule has 2 nitrogen and oxygen atoms in total. The van der Waals surface area contributed by atoms with Crippen molar-refractivity contribution in [1.29, 1.82) is 0 Å². The average molecular weight is 273 g/mol. The van der Waals surface area contributed by atoms with Crippen molar-refractivity contribution in [3.8, 4) is 22.5 Å². The van der Waals surface area contributed by atoms with E-state index in [-0.39, 0.29) is 0 Å². The van der Waals surface area contributed by atoms with E-state index in [0.29, 0.717) is 0 Å². The Bertz CT molecular complexity index is 850. The van der Waals surface area contributed by atoms with Crippen LogP contribution in [0.15, 0.2) is 54.7 Å². The normalized spacial score (nSPS) is 12.1. The Morgan fingerprint density at radius 3 is 2.67 bits per heavy atom. The number of rotatable bonds is 1. The van der Waals surface area contributed by atoms with Crippen LogP contribution in [0.5, 0.6) is 0 Å². The van der Waals surface area contributed by atoms with Gasteiger partial charge in [-0.3, -0.25) is 4.98 Å². The average Bonchev–Trinajstić information content (AvgIpc) is 2.86. The van der Waals surface area contributed by atoms with Gasteiger partial charge in [-0.1, -0.05) is 24.3 Å². The van der Waals surface area contributed by atoms with Crippen LogP contribution >= 0.6 is 0 Å². The van der Waals surface area contributed by atoms with Gasteiger partial charge >= 0.3 is 0 Å². The predicted molar refractivity (Wildman–Crippen MR) is 83.9 cm³/mol. The lowest BCUT2D eigenvalue weighted by atomic mass is 10.00. The van der Waals surface area contributed by atoms with Crippen LogP contribution in [0.3, 0.4) is 0 Å². The van der Waals surface area contributed by atoms with Gasteiger partial charge in [0.05, 0.1) is 17.0 Å². The number of pyridine rings is 2. The molecule has 3 heterocycles. The minimum absolute atomic E-state index is 0.938. The van der Waals surface area contributed by atoms with Crippen LogP contribution in [-0.4, -0.2) is 4.98 Å². The van der Waals surface area contributed by atoms with Gasteiger partial charge in [0.25, 0.3) is 0 Å². The van der Waals surface area contributed by atoms with E-state index in [0.717, 1.165) is 17.9 Å². The molecule has 1 aliphatic heterocycles. The van der Waals surface area contributed by atoms with Gasteiger partial charge in [-0.25, -0.2) is 0 Å². The topological polar surface area (TPSA) is 16.8 Å². The minimum atomic E-state index is 0.938. The van der Waals surface area contributed by atoms with Crippen LogP contribution in [0, 0.1) is 13.8 Å². The van der Waals surface area contributed by atoms with Gasteiger partial charge < -0.3 is 0 Å². The summed E-state index contributed by atoms with van der Waals surface area (Å²) in [7, 11) is 0. The van der Waals surface area contributed by atoms with E-state index >= 15 is 0 Å². The first-order chi connectivity index (χ1) is 10.2. The standard InChI is InChI=1S/C19H17N2/c1-13-7-3-4-8-16(13)17-11-15-12-21-10-6-5-9-18(21)19(15)14(2)20-17/h3-11H,12H2,1-2H3/q+1. The number of aryl methyl sites for hydroxylation is 2. The van der Waals surface area contributed by atoms with Gasteiger partial charge in [0.1, 0.15) is 0 Å². The highest BCUT2D eigenvalue weighted by molar-refractivity contribution is 5.72. The lowest BCUT2D eigenvalue weighted by Crippen LogP contribution is -2.31. The van der Waals surface area contributed by atoms with Crippen molar-refractivity contribution < 1.29 is 4.57 Å². The Morgan fingerprint density at radius 1 is 1.00 bits per heavy atom. The zero-order valence-electron chi connectivity index (χ0n) is 12.3. The molecule has 0 atom stereocenters. The molecule has 0 saturated carbocycles. The molecule has 0 fully saturated rings. The summed E-state index contributed by atoms with van der Waals surface area (Å²) in [6, 6.07) is 17.0. The quantitative estimate of drug-likeness (QED) is 0.483. The molecular weight excluding hydrogens is 256 g/mol. The maximum absolute atomic E-state index is 4.86. The summed E-state index contributed by atoms with van der Waals surface area (Å²) in [5.41, 5.74) is 8.63. The van der Waals surface area contributed by atoms with Crippen LogP contribution in [0.4, 0.5) is 0 Å². The van der Waals surface area contributed by atoms with Crippen molar-refractivity contribution in [3.63, 3.8) is 0 Å². The van der Waals surface area contributed by atoms with E-state index in [4.69, 9.17) is 4.98 Å². The van der Waals surface area contributed by atoms with E-state index in [1.54, 1.807) is 0 Å². The minimum Gasteiger partial charge on any atom is -0.252 e. The monoisotopic (exact) mass is 273 g/mol. The first-order valence-corrected chi connectivity index (χ1v) is 7.29. The number of hydrogen-bond donors (Lipinski definition) is 0. The third-order valence-electron chi connectivity index (χ3n) is 4.24. The first-order valence-electron chi connectivity index (χ1n) is 7.29. The van der Waals surface area contributed by atoms with E-state index in [2.05, 4.69) is 73.1 Å². The van der Waals surface area contributed by atoms with E-state index < -0.39 is 0 Å². The Kier molecular flexibility index (Phi) is 2.64. The van der Waals surface area contributed by atoms with E-state index in [9.17, 15) is 0 Å². The fraction of sp³-hybridized carbons (Fsp3) is 0.158. The summed E-state index contributed by atoms with van der Waals surface area (Å²) in [5, 5.41) is 0. The second-order valence-corrected chi connectivity index (χ2v) is 5.66. The van der Waals surface area contributed by atoms with Crippen molar-refractivity contribution in [2.45, 2.75) is 20.4 Å². The van der Waals surface area contributed by atoms with Crippen LogP contribution in [0.2, 0.25) is 0 Å².